The summed E-state index contributed by atoms with van der Waals surface area (Å²) in [7, 11) is 0. The van der Waals surface area contributed by atoms with E-state index in [1.807, 2.05) is 6.92 Å². The van der Waals surface area contributed by atoms with Crippen molar-refractivity contribution in [3.05, 3.63) is 16.1 Å². The Morgan fingerprint density at radius 1 is 1.32 bits per heavy atom. The van der Waals surface area contributed by atoms with Crippen LogP contribution >= 0.6 is 11.3 Å². The van der Waals surface area contributed by atoms with Gasteiger partial charge in [0, 0.05) is 30.9 Å². The molecule has 2 rings (SSSR count). The lowest BCUT2D eigenvalue weighted by Crippen LogP contribution is -2.45. The van der Waals surface area contributed by atoms with Crippen molar-refractivity contribution in [2.75, 3.05) is 19.7 Å². The number of thiazole rings is 1. The van der Waals surface area contributed by atoms with E-state index in [9.17, 15) is 18.0 Å². The number of carbonyl (C=O) groups excluding carboxylic acids is 1. The number of esters is 1. The molecule has 0 aliphatic heterocycles. The van der Waals surface area contributed by atoms with Gasteiger partial charge in [-0.25, -0.2) is 4.98 Å². The van der Waals surface area contributed by atoms with Crippen LogP contribution in [-0.4, -0.2) is 42.7 Å². The molecule has 0 amide bonds. The predicted octanol–water partition coefficient (Wildman–Crippen LogP) is 3.38. The maximum atomic E-state index is 12.6. The van der Waals surface area contributed by atoms with E-state index in [-0.39, 0.29) is 17.9 Å². The molecule has 0 radical (unpaired) electrons. The Labute approximate surface area is 167 Å². The molecule has 0 atom stereocenters. The fourth-order valence-corrected chi connectivity index (χ4v) is 3.86. The molecule has 0 bridgehead atoms. The maximum Gasteiger partial charge on any atom is 0.434 e. The summed E-state index contributed by atoms with van der Waals surface area (Å²) in [6.07, 6.45) is -0.821. The molecule has 1 aliphatic carbocycles. The van der Waals surface area contributed by atoms with E-state index in [2.05, 4.69) is 20.6 Å². The molecule has 1 saturated carbocycles. The van der Waals surface area contributed by atoms with Crippen molar-refractivity contribution < 1.29 is 22.7 Å². The Hall–Kier alpha value is -1.84. The molecule has 1 fully saturated rings. The minimum absolute atomic E-state index is 0.0368. The summed E-state index contributed by atoms with van der Waals surface area (Å²) in [4.78, 5) is 19.9. The largest absolute Gasteiger partial charge is 0.466 e. The lowest BCUT2D eigenvalue weighted by molar-refractivity contribution is -0.149. The lowest BCUT2D eigenvalue weighted by Gasteiger charge is -2.29. The second-order valence-electron chi connectivity index (χ2n) is 6.58. The van der Waals surface area contributed by atoms with Gasteiger partial charge in [-0.2, -0.15) is 13.2 Å². The summed E-state index contributed by atoms with van der Waals surface area (Å²) in [6.45, 7) is 5.18. The molecule has 28 heavy (non-hydrogen) atoms. The first-order valence-electron chi connectivity index (χ1n) is 9.56. The lowest BCUT2D eigenvalue weighted by atomic mass is 9.86. The Morgan fingerprint density at radius 2 is 2.04 bits per heavy atom. The number of hydrogen-bond acceptors (Lipinski definition) is 5. The minimum Gasteiger partial charge on any atom is -0.466 e. The average Bonchev–Trinajstić information content (AvgIpc) is 3.12. The highest BCUT2D eigenvalue weighted by molar-refractivity contribution is 7.09. The van der Waals surface area contributed by atoms with Crippen LogP contribution in [0.15, 0.2) is 10.4 Å². The monoisotopic (exact) mass is 420 g/mol. The van der Waals surface area contributed by atoms with E-state index in [1.54, 1.807) is 6.92 Å². The number of halogens is 3. The Morgan fingerprint density at radius 3 is 2.61 bits per heavy atom. The SMILES string of the molecule is CCNC(=NCCc1nc(C(F)(F)F)cs1)NC1CCC(C(=O)OCC)CC1. The summed E-state index contributed by atoms with van der Waals surface area (Å²) in [5, 5.41) is 7.95. The standard InChI is InChI=1S/C18H27F3N4O2S/c1-3-22-17(23-10-9-15-25-14(11-28-15)18(19,20)21)24-13-7-5-12(6-8-13)16(26)27-4-2/h11-13H,3-10H2,1-2H3,(H2,22,23,24). The van der Waals surface area contributed by atoms with Gasteiger partial charge in [-0.3, -0.25) is 9.79 Å². The van der Waals surface area contributed by atoms with Gasteiger partial charge in [-0.05, 0) is 39.5 Å². The highest BCUT2D eigenvalue weighted by atomic mass is 32.1. The number of alkyl halides is 3. The van der Waals surface area contributed by atoms with Crippen LogP contribution < -0.4 is 10.6 Å². The predicted molar refractivity (Wildman–Crippen MR) is 102 cm³/mol. The van der Waals surface area contributed by atoms with Crippen molar-refractivity contribution in [1.82, 2.24) is 15.6 Å². The Bertz CT molecular complexity index is 656. The molecule has 0 unspecified atom stereocenters. The van der Waals surface area contributed by atoms with Crippen molar-refractivity contribution in [2.24, 2.45) is 10.9 Å². The number of hydrogen-bond donors (Lipinski definition) is 2. The summed E-state index contributed by atoms with van der Waals surface area (Å²) < 4.78 is 42.9. The van der Waals surface area contributed by atoms with Gasteiger partial charge in [0.1, 0.15) is 0 Å². The van der Waals surface area contributed by atoms with E-state index in [0.717, 1.165) is 42.4 Å². The van der Waals surface area contributed by atoms with E-state index < -0.39 is 11.9 Å². The van der Waals surface area contributed by atoms with Crippen molar-refractivity contribution in [2.45, 2.75) is 58.2 Å². The zero-order chi connectivity index (χ0) is 20.6. The molecule has 10 heteroatoms. The van der Waals surface area contributed by atoms with Crippen molar-refractivity contribution in [3.63, 3.8) is 0 Å². The molecule has 0 spiro atoms. The van der Waals surface area contributed by atoms with Gasteiger partial charge < -0.3 is 15.4 Å². The van der Waals surface area contributed by atoms with Crippen LogP contribution in [0.4, 0.5) is 13.2 Å². The Kier molecular flexibility index (Phi) is 8.53. The van der Waals surface area contributed by atoms with Crippen LogP contribution in [0.5, 0.6) is 0 Å². The van der Waals surface area contributed by atoms with E-state index in [0.29, 0.717) is 37.1 Å². The van der Waals surface area contributed by atoms with Crippen LogP contribution in [0.1, 0.15) is 50.2 Å². The number of rotatable bonds is 7. The van der Waals surface area contributed by atoms with Crippen molar-refractivity contribution in [3.8, 4) is 0 Å². The molecule has 2 N–H and O–H groups in total. The molecule has 1 heterocycles. The van der Waals surface area contributed by atoms with Gasteiger partial charge in [-0.15, -0.1) is 11.3 Å². The van der Waals surface area contributed by atoms with E-state index >= 15 is 0 Å². The number of nitrogens with one attached hydrogen (secondary N) is 2. The normalized spacial score (nSPS) is 20.7. The zero-order valence-electron chi connectivity index (χ0n) is 16.1. The third-order valence-electron chi connectivity index (χ3n) is 4.47. The van der Waals surface area contributed by atoms with Gasteiger partial charge in [0.2, 0.25) is 0 Å². The second kappa shape index (κ2) is 10.6. The average molecular weight is 421 g/mol. The van der Waals surface area contributed by atoms with Crippen molar-refractivity contribution in [1.29, 1.82) is 0 Å². The number of aliphatic imine (C=N–C) groups is 1. The van der Waals surface area contributed by atoms with Crippen molar-refractivity contribution >= 4 is 23.3 Å². The van der Waals surface area contributed by atoms with Crippen LogP contribution in [0, 0.1) is 5.92 Å². The molecule has 6 nitrogen and oxygen atoms in total. The number of aromatic nitrogens is 1. The van der Waals surface area contributed by atoms with Gasteiger partial charge >= 0.3 is 12.1 Å². The number of carbonyl (C=O) groups is 1. The first-order chi connectivity index (χ1) is 13.3. The van der Waals surface area contributed by atoms with Gasteiger partial charge in [0.25, 0.3) is 0 Å². The molecular weight excluding hydrogens is 393 g/mol. The molecule has 1 aliphatic rings. The molecule has 0 aromatic carbocycles. The molecule has 1 aromatic heterocycles. The minimum atomic E-state index is -4.41. The highest BCUT2D eigenvalue weighted by Gasteiger charge is 2.33. The highest BCUT2D eigenvalue weighted by Crippen LogP contribution is 2.30. The van der Waals surface area contributed by atoms with Crippen LogP contribution in [0.2, 0.25) is 0 Å². The quantitative estimate of drug-likeness (QED) is 0.402. The number of nitrogens with zero attached hydrogens (tertiary/aromatic N) is 2. The topological polar surface area (TPSA) is 75.6 Å². The third-order valence-corrected chi connectivity index (χ3v) is 5.38. The fraction of sp³-hybridized carbons (Fsp3) is 0.722. The fourth-order valence-electron chi connectivity index (χ4n) is 3.07. The van der Waals surface area contributed by atoms with Crippen LogP contribution in [-0.2, 0) is 22.1 Å². The maximum absolute atomic E-state index is 12.6. The Balaban J connectivity index is 1.82. The van der Waals surface area contributed by atoms with E-state index in [1.165, 1.54) is 0 Å². The second-order valence-corrected chi connectivity index (χ2v) is 7.52. The van der Waals surface area contributed by atoms with Crippen LogP contribution in [0.3, 0.4) is 0 Å². The first kappa shape index (κ1) is 22.4. The molecule has 158 valence electrons. The van der Waals surface area contributed by atoms with Crippen LogP contribution in [0.25, 0.3) is 0 Å². The summed E-state index contributed by atoms with van der Waals surface area (Å²) in [5.74, 6) is 0.475. The van der Waals surface area contributed by atoms with Gasteiger partial charge in [-0.1, -0.05) is 0 Å². The summed E-state index contributed by atoms with van der Waals surface area (Å²) >= 11 is 0.999. The molecular formula is C18H27F3N4O2S. The molecule has 0 saturated heterocycles. The molecule has 1 aromatic rings. The zero-order valence-corrected chi connectivity index (χ0v) is 17.0. The first-order valence-corrected chi connectivity index (χ1v) is 10.4. The number of guanidine groups is 1. The van der Waals surface area contributed by atoms with Gasteiger partial charge in [0.05, 0.1) is 17.5 Å². The smallest absolute Gasteiger partial charge is 0.434 e. The third kappa shape index (κ3) is 6.96. The van der Waals surface area contributed by atoms with Gasteiger partial charge in [0.15, 0.2) is 11.7 Å². The van der Waals surface area contributed by atoms with E-state index in [4.69, 9.17) is 4.74 Å². The summed E-state index contributed by atoms with van der Waals surface area (Å²) in [6, 6.07) is 0.208. The summed E-state index contributed by atoms with van der Waals surface area (Å²) in [5.41, 5.74) is -0.847. The number of ether oxygens (including phenoxy) is 1.